The Balaban J connectivity index is 0.000000173. The maximum atomic E-state index is 4.19. The molecule has 0 bridgehead atoms. The van der Waals surface area contributed by atoms with E-state index in [0.29, 0.717) is 0 Å². The normalized spacial score (nSPS) is 9.28. The Bertz CT molecular complexity index is 692. The van der Waals surface area contributed by atoms with Gasteiger partial charge in [0.2, 0.25) is 0 Å². The van der Waals surface area contributed by atoms with Crippen molar-refractivity contribution in [2.75, 3.05) is 0 Å². The van der Waals surface area contributed by atoms with Crippen LogP contribution in [-0.2, 0) is 16.8 Å². The van der Waals surface area contributed by atoms with E-state index in [1.807, 2.05) is 72.8 Å². The van der Waals surface area contributed by atoms with Crippen LogP contribution in [0.2, 0.25) is 0 Å². The van der Waals surface area contributed by atoms with Gasteiger partial charge in [-0.2, -0.15) is 0 Å². The van der Waals surface area contributed by atoms with Gasteiger partial charge in [0.1, 0.15) is 0 Å². The molecule has 0 atom stereocenters. The van der Waals surface area contributed by atoms with Crippen molar-refractivity contribution in [3.8, 4) is 22.8 Å². The number of nitrogens with zero attached hydrogens (tertiary/aromatic N) is 4. The molecule has 0 spiro atoms. The minimum absolute atomic E-state index is 0. The van der Waals surface area contributed by atoms with Crippen LogP contribution in [-0.4, -0.2) is 19.9 Å². The van der Waals surface area contributed by atoms with E-state index < -0.39 is 0 Å². The molecule has 0 unspecified atom stereocenters. The van der Waals surface area contributed by atoms with Crippen LogP contribution in [0.4, 0.5) is 0 Å². The first kappa shape index (κ1) is 18.4. The third kappa shape index (κ3) is 5.60. The first-order valence-corrected chi connectivity index (χ1v) is 7.58. The molecule has 4 aromatic rings. The molecule has 0 aromatic carbocycles. The summed E-state index contributed by atoms with van der Waals surface area (Å²) in [4.78, 5) is 16.7. The summed E-state index contributed by atoms with van der Waals surface area (Å²) in [7, 11) is 0. The molecule has 4 rings (SSSR count). The van der Waals surface area contributed by atoms with Crippen LogP contribution in [0.1, 0.15) is 0 Å². The topological polar surface area (TPSA) is 51.6 Å². The second kappa shape index (κ2) is 10.1. The first-order chi connectivity index (χ1) is 11.9. The maximum Gasteiger partial charge on any atom is 0.0886 e. The van der Waals surface area contributed by atoms with E-state index in [-0.39, 0.29) is 16.8 Å². The third-order valence-corrected chi connectivity index (χ3v) is 3.18. The van der Waals surface area contributed by atoms with Gasteiger partial charge in [0.15, 0.2) is 0 Å². The molecule has 0 saturated heterocycles. The Morgan fingerprint density at radius 2 is 0.600 bits per heavy atom. The molecule has 0 aliphatic rings. The quantitative estimate of drug-likeness (QED) is 0.528. The molecule has 0 aliphatic heterocycles. The Morgan fingerprint density at radius 3 is 0.760 bits per heavy atom. The second-order valence-electron chi connectivity index (χ2n) is 4.86. The van der Waals surface area contributed by atoms with Gasteiger partial charge in [-0.15, -0.1) is 0 Å². The van der Waals surface area contributed by atoms with Crippen LogP contribution < -0.4 is 0 Å². The Morgan fingerprint density at radius 1 is 0.360 bits per heavy atom. The molecular weight excluding hydrogens is 355 g/mol. The summed E-state index contributed by atoms with van der Waals surface area (Å²) >= 11 is 0. The van der Waals surface area contributed by atoms with Gasteiger partial charge in [-0.05, 0) is 48.5 Å². The van der Waals surface area contributed by atoms with Crippen LogP contribution in [0.5, 0.6) is 0 Å². The van der Waals surface area contributed by atoms with Crippen LogP contribution in [0.3, 0.4) is 0 Å². The summed E-state index contributed by atoms with van der Waals surface area (Å²) in [5, 5.41) is 0. The van der Waals surface area contributed by atoms with Crippen molar-refractivity contribution in [3.05, 3.63) is 97.6 Å². The summed E-state index contributed by atoms with van der Waals surface area (Å²) in [6.07, 6.45) is 7.07. The van der Waals surface area contributed by atoms with E-state index in [4.69, 9.17) is 0 Å². The molecule has 0 N–H and O–H groups in total. The first-order valence-electron chi connectivity index (χ1n) is 7.58. The van der Waals surface area contributed by atoms with E-state index in [2.05, 4.69) is 19.9 Å². The minimum atomic E-state index is 0. The minimum Gasteiger partial charge on any atom is -0.255 e. The number of hydrogen-bond donors (Lipinski definition) is 0. The third-order valence-electron chi connectivity index (χ3n) is 3.18. The van der Waals surface area contributed by atoms with Crippen molar-refractivity contribution in [1.29, 1.82) is 0 Å². The van der Waals surface area contributed by atoms with Gasteiger partial charge in [-0.1, -0.05) is 24.3 Å². The van der Waals surface area contributed by atoms with Gasteiger partial charge in [0.25, 0.3) is 0 Å². The fourth-order valence-corrected chi connectivity index (χ4v) is 2.06. The SMILES string of the molecule is [Co].c1ccc(-c2ccccn2)nc1.c1ccc(-c2ccccn2)nc1. The summed E-state index contributed by atoms with van der Waals surface area (Å²) in [5.74, 6) is 0. The fraction of sp³-hybridized carbons (Fsp3) is 0. The van der Waals surface area contributed by atoms with Crippen molar-refractivity contribution < 1.29 is 16.8 Å². The predicted molar refractivity (Wildman–Crippen MR) is 94.9 cm³/mol. The molecule has 0 fully saturated rings. The zero-order chi connectivity index (χ0) is 16.5. The molecule has 5 heteroatoms. The average molecular weight is 371 g/mol. The van der Waals surface area contributed by atoms with E-state index >= 15 is 0 Å². The molecule has 0 aliphatic carbocycles. The molecule has 0 saturated carbocycles. The van der Waals surface area contributed by atoms with Crippen LogP contribution in [0.15, 0.2) is 97.6 Å². The average Bonchev–Trinajstić information content (AvgIpc) is 2.71. The molecule has 25 heavy (non-hydrogen) atoms. The largest absolute Gasteiger partial charge is 0.255 e. The number of aromatic nitrogens is 4. The Labute approximate surface area is 157 Å². The van der Waals surface area contributed by atoms with E-state index in [0.717, 1.165) is 22.8 Å². The van der Waals surface area contributed by atoms with E-state index in [1.54, 1.807) is 24.8 Å². The molecule has 1 radical (unpaired) electrons. The molecule has 4 nitrogen and oxygen atoms in total. The van der Waals surface area contributed by atoms with Crippen LogP contribution in [0.25, 0.3) is 22.8 Å². The van der Waals surface area contributed by atoms with E-state index in [9.17, 15) is 0 Å². The zero-order valence-corrected chi connectivity index (χ0v) is 14.4. The van der Waals surface area contributed by atoms with Crippen LogP contribution in [0, 0.1) is 0 Å². The summed E-state index contributed by atoms with van der Waals surface area (Å²) in [6, 6.07) is 23.2. The number of rotatable bonds is 2. The summed E-state index contributed by atoms with van der Waals surface area (Å²) in [6.45, 7) is 0. The Kier molecular flexibility index (Phi) is 7.43. The van der Waals surface area contributed by atoms with Gasteiger partial charge in [0, 0.05) is 41.6 Å². The summed E-state index contributed by atoms with van der Waals surface area (Å²) < 4.78 is 0. The van der Waals surface area contributed by atoms with Crippen molar-refractivity contribution >= 4 is 0 Å². The summed E-state index contributed by atoms with van der Waals surface area (Å²) in [5.41, 5.74) is 3.66. The number of hydrogen-bond acceptors (Lipinski definition) is 4. The molecule has 125 valence electrons. The standard InChI is InChI=1S/2C10H8N2.Co/c2*1-3-7-11-9(5-1)10-6-2-4-8-12-10;/h2*1-8H;. The zero-order valence-electron chi connectivity index (χ0n) is 13.4. The molecule has 4 aromatic heterocycles. The number of pyridine rings is 4. The maximum absolute atomic E-state index is 4.19. The van der Waals surface area contributed by atoms with E-state index in [1.165, 1.54) is 0 Å². The van der Waals surface area contributed by atoms with Gasteiger partial charge < -0.3 is 0 Å². The predicted octanol–water partition coefficient (Wildman–Crippen LogP) is 4.28. The van der Waals surface area contributed by atoms with Gasteiger partial charge in [-0.25, -0.2) is 0 Å². The molecule has 0 amide bonds. The van der Waals surface area contributed by atoms with Gasteiger partial charge >= 0.3 is 0 Å². The monoisotopic (exact) mass is 371 g/mol. The molecule has 4 heterocycles. The van der Waals surface area contributed by atoms with Gasteiger partial charge in [-0.3, -0.25) is 19.9 Å². The van der Waals surface area contributed by atoms with Crippen molar-refractivity contribution in [3.63, 3.8) is 0 Å². The van der Waals surface area contributed by atoms with Crippen molar-refractivity contribution in [2.24, 2.45) is 0 Å². The van der Waals surface area contributed by atoms with Crippen LogP contribution >= 0.6 is 0 Å². The van der Waals surface area contributed by atoms with Crippen molar-refractivity contribution in [2.45, 2.75) is 0 Å². The Hall–Kier alpha value is -2.89. The van der Waals surface area contributed by atoms with Gasteiger partial charge in [0.05, 0.1) is 22.8 Å². The van der Waals surface area contributed by atoms with Crippen molar-refractivity contribution in [1.82, 2.24) is 19.9 Å². The fourth-order valence-electron chi connectivity index (χ4n) is 2.06. The second-order valence-corrected chi connectivity index (χ2v) is 4.86. The smallest absolute Gasteiger partial charge is 0.0886 e. The molecular formula is C20H16CoN4.